The normalized spacial score (nSPS) is 14.1. The van der Waals surface area contributed by atoms with Gasteiger partial charge >= 0.3 is 6.01 Å². The Hall–Kier alpha value is -2.57. The van der Waals surface area contributed by atoms with E-state index in [0.717, 1.165) is 42.6 Å². The van der Waals surface area contributed by atoms with Gasteiger partial charge in [0.1, 0.15) is 0 Å². The number of carbonyl (C=O) groups is 1. The molecule has 0 atom stereocenters. The van der Waals surface area contributed by atoms with Gasteiger partial charge in [-0.05, 0) is 62.2 Å². The predicted molar refractivity (Wildman–Crippen MR) is 119 cm³/mol. The van der Waals surface area contributed by atoms with Crippen LogP contribution in [0.5, 0.6) is 6.01 Å². The van der Waals surface area contributed by atoms with Crippen molar-refractivity contribution in [3.8, 4) is 23.1 Å². The van der Waals surface area contributed by atoms with Gasteiger partial charge in [0.25, 0.3) is 0 Å². The second-order valence-corrected chi connectivity index (χ2v) is 8.02. The Morgan fingerprint density at radius 1 is 1.13 bits per heavy atom. The van der Waals surface area contributed by atoms with E-state index >= 15 is 0 Å². The smallest absolute Gasteiger partial charge is 0.336 e. The van der Waals surface area contributed by atoms with Crippen LogP contribution < -0.4 is 10.1 Å². The monoisotopic (exact) mass is 444 g/mol. The molecule has 1 fully saturated rings. The Balaban J connectivity index is 1.62. The van der Waals surface area contributed by atoms with Crippen molar-refractivity contribution in [1.29, 1.82) is 0 Å². The van der Waals surface area contributed by atoms with E-state index in [1.165, 1.54) is 0 Å². The molecule has 0 radical (unpaired) electrons. The van der Waals surface area contributed by atoms with Crippen LogP contribution in [-0.2, 0) is 4.79 Å². The molecule has 1 heterocycles. The highest BCUT2D eigenvalue weighted by atomic mass is 35.5. The first-order valence-electron chi connectivity index (χ1n) is 10.0. The number of nitrogens with one attached hydrogen (secondary N) is 1. The van der Waals surface area contributed by atoms with E-state index in [4.69, 9.17) is 27.9 Å². The SMILES string of the molecule is CCOc1nc(-c2ccc(Cl)c(Cl)c2)n(-c2ccc(NC(=O)C3CCCC3)cc2)n1. The maximum Gasteiger partial charge on any atom is 0.336 e. The molecule has 1 aromatic heterocycles. The molecule has 0 unspecified atom stereocenters. The molecule has 1 amide bonds. The topological polar surface area (TPSA) is 69.0 Å². The van der Waals surface area contributed by atoms with Crippen molar-refractivity contribution >= 4 is 34.8 Å². The van der Waals surface area contributed by atoms with Crippen molar-refractivity contribution in [2.75, 3.05) is 11.9 Å². The summed E-state index contributed by atoms with van der Waals surface area (Å²) in [5.41, 5.74) is 2.31. The lowest BCUT2D eigenvalue weighted by molar-refractivity contribution is -0.119. The Bertz CT molecular complexity index is 1040. The molecule has 156 valence electrons. The fraction of sp³-hybridized carbons (Fsp3) is 0.318. The molecule has 0 spiro atoms. The predicted octanol–water partition coefficient (Wildman–Crippen LogP) is 5.77. The molecule has 4 rings (SSSR count). The minimum absolute atomic E-state index is 0.0936. The van der Waals surface area contributed by atoms with Gasteiger partial charge in [-0.2, -0.15) is 4.98 Å². The van der Waals surface area contributed by atoms with E-state index < -0.39 is 0 Å². The molecule has 6 nitrogen and oxygen atoms in total. The molecule has 1 saturated carbocycles. The molecule has 0 bridgehead atoms. The van der Waals surface area contributed by atoms with Crippen molar-refractivity contribution < 1.29 is 9.53 Å². The van der Waals surface area contributed by atoms with Gasteiger partial charge in [0, 0.05) is 17.2 Å². The molecule has 0 saturated heterocycles. The lowest BCUT2D eigenvalue weighted by Gasteiger charge is -2.11. The number of amides is 1. The minimum Gasteiger partial charge on any atom is -0.463 e. The molecule has 1 N–H and O–H groups in total. The van der Waals surface area contributed by atoms with Crippen molar-refractivity contribution in [3.63, 3.8) is 0 Å². The summed E-state index contributed by atoms with van der Waals surface area (Å²) < 4.78 is 7.19. The van der Waals surface area contributed by atoms with E-state index in [2.05, 4.69) is 15.4 Å². The van der Waals surface area contributed by atoms with Gasteiger partial charge in [0.2, 0.25) is 5.91 Å². The summed E-state index contributed by atoms with van der Waals surface area (Å²) >= 11 is 12.2. The van der Waals surface area contributed by atoms with Gasteiger partial charge in [0.05, 0.1) is 22.3 Å². The first-order chi connectivity index (χ1) is 14.5. The van der Waals surface area contributed by atoms with Gasteiger partial charge in [-0.15, -0.1) is 5.10 Å². The molecule has 0 aliphatic heterocycles. The van der Waals surface area contributed by atoms with E-state index in [0.29, 0.717) is 22.5 Å². The summed E-state index contributed by atoms with van der Waals surface area (Å²) in [6, 6.07) is 13.1. The van der Waals surface area contributed by atoms with Crippen LogP contribution in [0, 0.1) is 5.92 Å². The number of hydrogen-bond acceptors (Lipinski definition) is 4. The maximum absolute atomic E-state index is 12.4. The van der Waals surface area contributed by atoms with Crippen LogP contribution >= 0.6 is 23.2 Å². The number of carbonyl (C=O) groups excluding carboxylic acids is 1. The molecule has 8 heteroatoms. The summed E-state index contributed by atoms with van der Waals surface area (Å²) in [5.74, 6) is 0.797. The fourth-order valence-electron chi connectivity index (χ4n) is 3.60. The standard InChI is InChI=1S/C22H22Cl2N4O2/c1-2-30-22-26-20(15-7-12-18(23)19(24)13-15)28(27-22)17-10-8-16(9-11-17)25-21(29)14-5-3-4-6-14/h7-14H,2-6H2,1H3,(H,25,29). The Kier molecular flexibility index (Phi) is 6.25. The quantitative estimate of drug-likeness (QED) is 0.523. The maximum atomic E-state index is 12.4. The van der Waals surface area contributed by atoms with Gasteiger partial charge in [-0.25, -0.2) is 4.68 Å². The average molecular weight is 445 g/mol. The van der Waals surface area contributed by atoms with Crippen molar-refractivity contribution in [2.24, 2.45) is 5.92 Å². The van der Waals surface area contributed by atoms with E-state index in [-0.39, 0.29) is 17.8 Å². The fourth-order valence-corrected chi connectivity index (χ4v) is 3.90. The van der Waals surface area contributed by atoms with Crippen LogP contribution in [0.4, 0.5) is 5.69 Å². The lowest BCUT2D eigenvalue weighted by atomic mass is 10.1. The summed E-state index contributed by atoms with van der Waals surface area (Å²) in [6.07, 6.45) is 4.19. The second-order valence-electron chi connectivity index (χ2n) is 7.21. The van der Waals surface area contributed by atoms with E-state index in [9.17, 15) is 4.79 Å². The number of benzene rings is 2. The van der Waals surface area contributed by atoms with Crippen LogP contribution in [0.25, 0.3) is 17.1 Å². The van der Waals surface area contributed by atoms with Crippen LogP contribution in [0.15, 0.2) is 42.5 Å². The van der Waals surface area contributed by atoms with Crippen molar-refractivity contribution in [3.05, 3.63) is 52.5 Å². The Morgan fingerprint density at radius 2 is 1.87 bits per heavy atom. The number of halogens is 2. The average Bonchev–Trinajstić information content (AvgIpc) is 3.41. The van der Waals surface area contributed by atoms with Gasteiger partial charge in [-0.3, -0.25) is 4.79 Å². The van der Waals surface area contributed by atoms with E-state index in [1.807, 2.05) is 37.3 Å². The summed E-state index contributed by atoms with van der Waals surface area (Å²) in [6.45, 7) is 2.33. The highest BCUT2D eigenvalue weighted by Crippen LogP contribution is 2.30. The second kappa shape index (κ2) is 9.06. The molecule has 1 aliphatic carbocycles. The summed E-state index contributed by atoms with van der Waals surface area (Å²) in [4.78, 5) is 16.9. The third-order valence-electron chi connectivity index (χ3n) is 5.14. The van der Waals surface area contributed by atoms with Crippen molar-refractivity contribution in [1.82, 2.24) is 14.8 Å². The number of nitrogens with zero attached hydrogens (tertiary/aromatic N) is 3. The lowest BCUT2D eigenvalue weighted by Crippen LogP contribution is -2.20. The zero-order valence-corrected chi connectivity index (χ0v) is 18.1. The number of anilines is 1. The number of hydrogen-bond donors (Lipinski definition) is 1. The molecule has 3 aromatic rings. The van der Waals surface area contributed by atoms with Crippen molar-refractivity contribution in [2.45, 2.75) is 32.6 Å². The highest BCUT2D eigenvalue weighted by Gasteiger charge is 2.22. The first-order valence-corrected chi connectivity index (χ1v) is 10.8. The molecule has 2 aromatic carbocycles. The first kappa shape index (κ1) is 20.7. The summed E-state index contributed by atoms with van der Waals surface area (Å²) in [5, 5.41) is 8.39. The van der Waals surface area contributed by atoms with Crippen LogP contribution in [0.2, 0.25) is 10.0 Å². The number of ether oxygens (including phenoxy) is 1. The van der Waals surface area contributed by atoms with Crippen LogP contribution in [0.1, 0.15) is 32.6 Å². The van der Waals surface area contributed by atoms with Gasteiger partial charge in [0.15, 0.2) is 5.82 Å². The number of rotatable bonds is 6. The van der Waals surface area contributed by atoms with Crippen LogP contribution in [0.3, 0.4) is 0 Å². The van der Waals surface area contributed by atoms with Gasteiger partial charge in [-0.1, -0.05) is 36.0 Å². The van der Waals surface area contributed by atoms with Gasteiger partial charge < -0.3 is 10.1 Å². The largest absolute Gasteiger partial charge is 0.463 e. The van der Waals surface area contributed by atoms with E-state index in [1.54, 1.807) is 16.8 Å². The molecule has 1 aliphatic rings. The molecule has 30 heavy (non-hydrogen) atoms. The highest BCUT2D eigenvalue weighted by molar-refractivity contribution is 6.42. The minimum atomic E-state index is 0.0936. The molecular weight excluding hydrogens is 423 g/mol. The Labute approximate surface area is 185 Å². The van der Waals surface area contributed by atoms with Crippen LogP contribution in [-0.4, -0.2) is 27.3 Å². The molecular formula is C22H22Cl2N4O2. The number of aromatic nitrogens is 3. The summed E-state index contributed by atoms with van der Waals surface area (Å²) in [7, 11) is 0. The third-order valence-corrected chi connectivity index (χ3v) is 5.88. The third kappa shape index (κ3) is 4.45. The Morgan fingerprint density at radius 3 is 2.53 bits per heavy atom. The zero-order chi connectivity index (χ0) is 21.1. The zero-order valence-electron chi connectivity index (χ0n) is 16.6.